The SMILES string of the molecule is c1ccc2cc3c(cc2c1)c1ccccc1n3-c1cc2c(cc1-c1nc(-c3cccc4ccccc34)nc(-n3c4ccccc4c4ccccc43)n1)oc1c3ccccc3ccc21. The van der Waals surface area contributed by atoms with Gasteiger partial charge in [-0.15, -0.1) is 0 Å². The van der Waals surface area contributed by atoms with Crippen LogP contribution in [-0.4, -0.2) is 24.1 Å². The molecule has 0 aliphatic rings. The molecule has 0 atom stereocenters. The molecule has 0 radical (unpaired) electrons. The summed E-state index contributed by atoms with van der Waals surface area (Å²) in [5.41, 5.74) is 8.56. The second-order valence-electron chi connectivity index (χ2n) is 16.4. The lowest BCUT2D eigenvalue weighted by atomic mass is 10.0. The molecule has 0 N–H and O–H groups in total. The number of benzene rings is 10. The second-order valence-corrected chi connectivity index (χ2v) is 16.4. The van der Waals surface area contributed by atoms with Crippen molar-refractivity contribution < 1.29 is 4.42 Å². The topological polar surface area (TPSA) is 61.7 Å². The van der Waals surface area contributed by atoms with Gasteiger partial charge in [0.15, 0.2) is 11.6 Å². The van der Waals surface area contributed by atoms with Gasteiger partial charge in [0.25, 0.3) is 0 Å². The number of hydrogen-bond donors (Lipinski definition) is 0. The molecule has 6 heteroatoms. The molecule has 0 spiro atoms. The highest BCUT2D eigenvalue weighted by molar-refractivity contribution is 6.18. The molecule has 0 amide bonds. The van der Waals surface area contributed by atoms with E-state index in [4.69, 9.17) is 19.4 Å². The van der Waals surface area contributed by atoms with Crippen LogP contribution < -0.4 is 0 Å². The normalized spacial score (nSPS) is 12.1. The lowest BCUT2D eigenvalue weighted by Gasteiger charge is -2.16. The summed E-state index contributed by atoms with van der Waals surface area (Å²) in [4.78, 5) is 16.4. The maximum atomic E-state index is 6.94. The van der Waals surface area contributed by atoms with Crippen molar-refractivity contribution in [2.24, 2.45) is 0 Å². The van der Waals surface area contributed by atoms with Gasteiger partial charge in [-0.1, -0.05) is 152 Å². The molecular weight excluding hydrogens is 771 g/mol. The van der Waals surface area contributed by atoms with Gasteiger partial charge in [0, 0.05) is 48.8 Å². The summed E-state index contributed by atoms with van der Waals surface area (Å²) in [6, 6.07) is 70.9. The summed E-state index contributed by atoms with van der Waals surface area (Å²) in [5.74, 6) is 1.66. The predicted octanol–water partition coefficient (Wildman–Crippen LogP) is 14.8. The largest absolute Gasteiger partial charge is 0.455 e. The first-order valence-corrected chi connectivity index (χ1v) is 21.3. The number of hydrogen-bond acceptors (Lipinski definition) is 4. The summed E-state index contributed by atoms with van der Waals surface area (Å²) in [7, 11) is 0. The third-order valence-corrected chi connectivity index (χ3v) is 12.9. The van der Waals surface area contributed by atoms with E-state index >= 15 is 0 Å². The van der Waals surface area contributed by atoms with E-state index in [1.165, 1.54) is 21.5 Å². The fourth-order valence-electron chi connectivity index (χ4n) is 10.1. The Morgan fingerprint density at radius 1 is 0.317 bits per heavy atom. The summed E-state index contributed by atoms with van der Waals surface area (Å²) in [6.07, 6.45) is 0. The number of furan rings is 1. The van der Waals surface area contributed by atoms with Crippen LogP contribution in [-0.2, 0) is 0 Å². The Morgan fingerprint density at radius 3 is 1.57 bits per heavy atom. The maximum Gasteiger partial charge on any atom is 0.238 e. The van der Waals surface area contributed by atoms with Crippen LogP contribution in [0.1, 0.15) is 0 Å². The van der Waals surface area contributed by atoms with Crippen molar-refractivity contribution >= 4 is 97.9 Å². The fourth-order valence-corrected chi connectivity index (χ4v) is 10.1. The maximum absolute atomic E-state index is 6.94. The summed E-state index contributed by atoms with van der Waals surface area (Å²) >= 11 is 0. The van der Waals surface area contributed by atoms with Gasteiger partial charge in [0.1, 0.15) is 11.2 Å². The summed E-state index contributed by atoms with van der Waals surface area (Å²) < 4.78 is 11.5. The number of rotatable bonds is 4. The lowest BCUT2D eigenvalue weighted by Crippen LogP contribution is -2.08. The van der Waals surface area contributed by atoms with Crippen molar-refractivity contribution in [2.75, 3.05) is 0 Å². The van der Waals surface area contributed by atoms with Crippen LogP contribution in [0.3, 0.4) is 0 Å². The van der Waals surface area contributed by atoms with Crippen molar-refractivity contribution in [1.29, 1.82) is 0 Å². The van der Waals surface area contributed by atoms with E-state index in [2.05, 4.69) is 209 Å². The van der Waals surface area contributed by atoms with Crippen molar-refractivity contribution in [3.63, 3.8) is 0 Å². The van der Waals surface area contributed by atoms with E-state index in [0.717, 1.165) is 93.1 Å². The van der Waals surface area contributed by atoms with Crippen molar-refractivity contribution in [2.45, 2.75) is 0 Å². The molecule has 4 aromatic heterocycles. The van der Waals surface area contributed by atoms with Crippen LogP contribution in [0.2, 0.25) is 0 Å². The Morgan fingerprint density at radius 2 is 0.857 bits per heavy atom. The van der Waals surface area contributed by atoms with Gasteiger partial charge in [-0.2, -0.15) is 9.97 Å². The molecule has 0 unspecified atom stereocenters. The Kier molecular flexibility index (Phi) is 7.02. The summed E-state index contributed by atoms with van der Waals surface area (Å²) in [6.45, 7) is 0. The first-order chi connectivity index (χ1) is 31.2. The first-order valence-electron chi connectivity index (χ1n) is 21.3. The highest BCUT2D eigenvalue weighted by Gasteiger charge is 2.24. The van der Waals surface area contributed by atoms with Crippen LogP contribution in [0.5, 0.6) is 0 Å². The molecule has 0 fully saturated rings. The highest BCUT2D eigenvalue weighted by Crippen LogP contribution is 2.43. The zero-order chi connectivity index (χ0) is 41.2. The van der Waals surface area contributed by atoms with E-state index < -0.39 is 0 Å². The quantitative estimate of drug-likeness (QED) is 0.178. The Hall–Kier alpha value is -8.61. The highest BCUT2D eigenvalue weighted by atomic mass is 16.3. The minimum absolute atomic E-state index is 0.537. The fraction of sp³-hybridized carbons (Fsp3) is 0. The Bertz CT molecular complexity index is 4170. The monoisotopic (exact) mass is 803 g/mol. The van der Waals surface area contributed by atoms with Crippen LogP contribution in [0.4, 0.5) is 0 Å². The molecule has 0 bridgehead atoms. The van der Waals surface area contributed by atoms with Crippen molar-refractivity contribution in [3.05, 3.63) is 200 Å². The molecule has 14 aromatic rings. The third kappa shape index (κ3) is 4.97. The molecule has 292 valence electrons. The van der Waals surface area contributed by atoms with Gasteiger partial charge in [-0.25, -0.2) is 4.98 Å². The third-order valence-electron chi connectivity index (χ3n) is 12.9. The predicted molar refractivity (Wildman–Crippen MR) is 259 cm³/mol. The molecular formula is C57H33N5O. The van der Waals surface area contributed by atoms with Crippen LogP contribution >= 0.6 is 0 Å². The number of aromatic nitrogens is 5. The molecule has 63 heavy (non-hydrogen) atoms. The van der Waals surface area contributed by atoms with Gasteiger partial charge >= 0.3 is 0 Å². The van der Waals surface area contributed by atoms with E-state index in [1.54, 1.807) is 0 Å². The van der Waals surface area contributed by atoms with Gasteiger partial charge in [-0.3, -0.25) is 4.57 Å². The molecule has 6 nitrogen and oxygen atoms in total. The minimum Gasteiger partial charge on any atom is -0.455 e. The average Bonchev–Trinajstić information content (AvgIpc) is 4.00. The van der Waals surface area contributed by atoms with E-state index in [-0.39, 0.29) is 0 Å². The van der Waals surface area contributed by atoms with E-state index in [0.29, 0.717) is 17.6 Å². The lowest BCUT2D eigenvalue weighted by molar-refractivity contribution is 0.672. The summed E-state index contributed by atoms with van der Waals surface area (Å²) in [5, 5.41) is 13.5. The Balaban J connectivity index is 1.15. The van der Waals surface area contributed by atoms with Gasteiger partial charge in [0.2, 0.25) is 5.95 Å². The average molecular weight is 804 g/mol. The smallest absolute Gasteiger partial charge is 0.238 e. The van der Waals surface area contributed by atoms with Crippen LogP contribution in [0, 0.1) is 0 Å². The zero-order valence-corrected chi connectivity index (χ0v) is 33.7. The number of para-hydroxylation sites is 3. The standard InChI is InChI=1S/C57H33N5O/c1-2-17-37-31-51-45(30-36(37)16-1)42-23-9-10-25-48(42)61(51)52-32-46-43-29-28-35-15-4-6-20-39(35)54(43)63-53(46)33-47(52)56-58-55(44-24-13-18-34-14-3-5-19-38(34)44)59-57(60-56)62-49-26-11-7-21-40(49)41-22-8-12-27-50(41)62/h1-33H. The molecule has 0 aliphatic heterocycles. The number of fused-ring (bicyclic) bond motifs is 13. The van der Waals surface area contributed by atoms with Gasteiger partial charge < -0.3 is 8.98 Å². The number of nitrogens with zero attached hydrogens (tertiary/aromatic N) is 5. The Labute approximate surface area is 359 Å². The zero-order valence-electron chi connectivity index (χ0n) is 33.7. The van der Waals surface area contributed by atoms with Crippen LogP contribution in [0.15, 0.2) is 205 Å². The molecule has 4 heterocycles. The molecule has 0 saturated heterocycles. The first kappa shape index (κ1) is 34.1. The molecule has 0 aliphatic carbocycles. The van der Waals surface area contributed by atoms with Gasteiger partial charge in [-0.05, 0) is 75.5 Å². The van der Waals surface area contributed by atoms with Crippen molar-refractivity contribution in [1.82, 2.24) is 24.1 Å². The van der Waals surface area contributed by atoms with E-state index in [1.807, 2.05) is 0 Å². The van der Waals surface area contributed by atoms with Crippen molar-refractivity contribution in [3.8, 4) is 34.4 Å². The van der Waals surface area contributed by atoms with Crippen LogP contribution in [0.25, 0.3) is 132 Å². The molecule has 0 saturated carbocycles. The minimum atomic E-state index is 0.537. The van der Waals surface area contributed by atoms with Gasteiger partial charge in [0.05, 0.1) is 27.8 Å². The molecule has 10 aromatic carbocycles. The van der Waals surface area contributed by atoms with E-state index in [9.17, 15) is 0 Å². The molecule has 14 rings (SSSR count). The second kappa shape index (κ2) is 12.9.